The SMILES string of the molecule is CC=O.CCC(O)C(=O)O. The van der Waals surface area contributed by atoms with Gasteiger partial charge >= 0.3 is 5.97 Å². The first kappa shape index (κ1) is 11.8. The van der Waals surface area contributed by atoms with Crippen LogP contribution in [0.5, 0.6) is 0 Å². The van der Waals surface area contributed by atoms with Crippen LogP contribution in [0, 0.1) is 0 Å². The first-order valence-electron chi connectivity index (χ1n) is 2.90. The summed E-state index contributed by atoms with van der Waals surface area (Å²) in [6.07, 6.45) is -0.157. The van der Waals surface area contributed by atoms with E-state index in [9.17, 15) is 4.79 Å². The van der Waals surface area contributed by atoms with Gasteiger partial charge in [0.05, 0.1) is 0 Å². The highest BCUT2D eigenvalue weighted by atomic mass is 16.4. The van der Waals surface area contributed by atoms with Crippen molar-refractivity contribution in [3.63, 3.8) is 0 Å². The van der Waals surface area contributed by atoms with Crippen molar-refractivity contribution in [3.8, 4) is 0 Å². The van der Waals surface area contributed by atoms with Crippen molar-refractivity contribution in [1.29, 1.82) is 0 Å². The van der Waals surface area contributed by atoms with E-state index in [1.807, 2.05) is 0 Å². The molecule has 0 aromatic rings. The zero-order valence-electron chi connectivity index (χ0n) is 6.07. The second kappa shape index (κ2) is 8.10. The van der Waals surface area contributed by atoms with E-state index in [0.717, 1.165) is 6.29 Å². The number of aldehydes is 1. The fraction of sp³-hybridized carbons (Fsp3) is 0.667. The third-order valence-corrected chi connectivity index (χ3v) is 0.672. The van der Waals surface area contributed by atoms with E-state index < -0.39 is 12.1 Å². The molecule has 0 aliphatic rings. The second-order valence-corrected chi connectivity index (χ2v) is 1.50. The Kier molecular flexibility index (Phi) is 9.59. The summed E-state index contributed by atoms with van der Waals surface area (Å²) >= 11 is 0. The van der Waals surface area contributed by atoms with Crippen molar-refractivity contribution in [3.05, 3.63) is 0 Å². The van der Waals surface area contributed by atoms with Gasteiger partial charge in [0.15, 0.2) is 6.10 Å². The maximum absolute atomic E-state index is 9.68. The summed E-state index contributed by atoms with van der Waals surface area (Å²) in [5.41, 5.74) is 0. The van der Waals surface area contributed by atoms with E-state index in [0.29, 0.717) is 0 Å². The fourth-order valence-electron chi connectivity index (χ4n) is 0.175. The van der Waals surface area contributed by atoms with Crippen LogP contribution >= 0.6 is 0 Å². The van der Waals surface area contributed by atoms with Crippen LogP contribution in [-0.4, -0.2) is 28.6 Å². The van der Waals surface area contributed by atoms with Crippen LogP contribution in [0.3, 0.4) is 0 Å². The molecular weight excluding hydrogens is 136 g/mol. The molecule has 10 heavy (non-hydrogen) atoms. The predicted octanol–water partition coefficient (Wildman–Crippen LogP) is 0.0471. The molecule has 0 radical (unpaired) electrons. The Morgan fingerprint density at radius 3 is 2.00 bits per heavy atom. The lowest BCUT2D eigenvalue weighted by molar-refractivity contribution is -0.146. The van der Waals surface area contributed by atoms with E-state index in [1.54, 1.807) is 6.92 Å². The van der Waals surface area contributed by atoms with Gasteiger partial charge in [-0.2, -0.15) is 0 Å². The van der Waals surface area contributed by atoms with Crippen LogP contribution in [0.2, 0.25) is 0 Å². The monoisotopic (exact) mass is 148 g/mol. The Hall–Kier alpha value is -0.900. The number of rotatable bonds is 2. The third-order valence-electron chi connectivity index (χ3n) is 0.672. The topological polar surface area (TPSA) is 74.6 Å². The maximum Gasteiger partial charge on any atom is 0.332 e. The van der Waals surface area contributed by atoms with Gasteiger partial charge in [0.1, 0.15) is 6.29 Å². The molecule has 1 unspecified atom stereocenters. The van der Waals surface area contributed by atoms with Crippen LogP contribution < -0.4 is 0 Å². The number of aliphatic hydroxyl groups excluding tert-OH is 1. The molecule has 2 N–H and O–H groups in total. The number of hydrogen-bond donors (Lipinski definition) is 2. The van der Waals surface area contributed by atoms with Gasteiger partial charge in [-0.1, -0.05) is 6.92 Å². The normalized spacial score (nSPS) is 10.7. The number of carboxylic acid groups (broad SMARTS) is 1. The molecule has 0 aliphatic carbocycles. The number of carbonyl (C=O) groups is 2. The van der Waals surface area contributed by atoms with Gasteiger partial charge in [0.25, 0.3) is 0 Å². The second-order valence-electron chi connectivity index (χ2n) is 1.50. The molecule has 0 heterocycles. The van der Waals surface area contributed by atoms with Gasteiger partial charge in [0, 0.05) is 0 Å². The summed E-state index contributed by atoms with van der Waals surface area (Å²) in [5.74, 6) is -1.15. The smallest absolute Gasteiger partial charge is 0.332 e. The summed E-state index contributed by atoms with van der Waals surface area (Å²) in [4.78, 5) is 18.5. The molecule has 4 nitrogen and oxygen atoms in total. The first-order chi connectivity index (χ1) is 4.59. The van der Waals surface area contributed by atoms with E-state index in [1.165, 1.54) is 6.92 Å². The van der Waals surface area contributed by atoms with Crippen LogP contribution in [0.25, 0.3) is 0 Å². The molecule has 1 atom stereocenters. The number of carboxylic acids is 1. The zero-order chi connectivity index (χ0) is 8.57. The first-order valence-corrected chi connectivity index (χ1v) is 2.90. The third kappa shape index (κ3) is 10.2. The minimum atomic E-state index is -1.18. The zero-order valence-corrected chi connectivity index (χ0v) is 6.07. The maximum atomic E-state index is 9.68. The molecule has 0 amide bonds. The Labute approximate surface area is 59.5 Å². The molecule has 4 heteroatoms. The number of hydrogen-bond acceptors (Lipinski definition) is 3. The Morgan fingerprint density at radius 1 is 1.70 bits per heavy atom. The highest BCUT2D eigenvalue weighted by Gasteiger charge is 2.07. The number of aliphatic hydroxyl groups is 1. The molecule has 0 aliphatic heterocycles. The van der Waals surface area contributed by atoms with Gasteiger partial charge < -0.3 is 15.0 Å². The average Bonchev–Trinajstić information content (AvgIpc) is 1.88. The predicted molar refractivity (Wildman–Crippen MR) is 35.7 cm³/mol. The van der Waals surface area contributed by atoms with Gasteiger partial charge in [-0.15, -0.1) is 0 Å². The molecule has 0 rings (SSSR count). The van der Waals surface area contributed by atoms with Gasteiger partial charge in [-0.25, -0.2) is 4.79 Å². The molecule has 0 bridgehead atoms. The quantitative estimate of drug-likeness (QED) is 0.542. The Balaban J connectivity index is 0. The highest BCUT2D eigenvalue weighted by Crippen LogP contribution is 1.86. The molecule has 0 saturated heterocycles. The van der Waals surface area contributed by atoms with Crippen molar-refractivity contribution >= 4 is 12.3 Å². The van der Waals surface area contributed by atoms with Crippen molar-refractivity contribution < 1.29 is 19.8 Å². The Morgan fingerprint density at radius 2 is 2.00 bits per heavy atom. The number of carbonyl (C=O) groups excluding carboxylic acids is 1. The summed E-state index contributed by atoms with van der Waals surface area (Å²) in [5, 5.41) is 16.3. The largest absolute Gasteiger partial charge is 0.479 e. The molecule has 0 aromatic carbocycles. The number of aliphatic carboxylic acids is 1. The van der Waals surface area contributed by atoms with E-state index >= 15 is 0 Å². The molecule has 0 fully saturated rings. The minimum absolute atomic E-state index is 0.273. The van der Waals surface area contributed by atoms with Gasteiger partial charge in [0.2, 0.25) is 0 Å². The minimum Gasteiger partial charge on any atom is -0.479 e. The van der Waals surface area contributed by atoms with Crippen molar-refractivity contribution in [1.82, 2.24) is 0 Å². The lowest BCUT2D eigenvalue weighted by Crippen LogP contribution is -2.17. The van der Waals surface area contributed by atoms with Crippen molar-refractivity contribution in [2.24, 2.45) is 0 Å². The highest BCUT2D eigenvalue weighted by molar-refractivity contribution is 5.71. The molecular formula is C6H12O4. The van der Waals surface area contributed by atoms with Crippen LogP contribution in [0.4, 0.5) is 0 Å². The standard InChI is InChI=1S/C4H8O3.C2H4O/c1-2-3(5)4(6)7;1-2-3/h3,5H,2H2,1H3,(H,6,7);2H,1H3. The molecule has 0 spiro atoms. The lowest BCUT2D eigenvalue weighted by Gasteiger charge is -1.95. The van der Waals surface area contributed by atoms with Crippen LogP contribution in [0.15, 0.2) is 0 Å². The average molecular weight is 148 g/mol. The summed E-state index contributed by atoms with van der Waals surface area (Å²) in [6, 6.07) is 0. The van der Waals surface area contributed by atoms with E-state index in [4.69, 9.17) is 15.0 Å². The summed E-state index contributed by atoms with van der Waals surface area (Å²) < 4.78 is 0. The molecule has 0 aromatic heterocycles. The van der Waals surface area contributed by atoms with E-state index in [2.05, 4.69) is 0 Å². The Bertz CT molecular complexity index is 99.9. The van der Waals surface area contributed by atoms with Crippen molar-refractivity contribution in [2.45, 2.75) is 26.4 Å². The van der Waals surface area contributed by atoms with E-state index in [-0.39, 0.29) is 6.42 Å². The lowest BCUT2D eigenvalue weighted by atomic mass is 10.3. The van der Waals surface area contributed by atoms with Crippen LogP contribution in [0.1, 0.15) is 20.3 Å². The molecule has 60 valence electrons. The van der Waals surface area contributed by atoms with Crippen molar-refractivity contribution in [2.75, 3.05) is 0 Å². The summed E-state index contributed by atoms with van der Waals surface area (Å²) in [6.45, 7) is 3.05. The van der Waals surface area contributed by atoms with Crippen LogP contribution in [-0.2, 0) is 9.59 Å². The fourth-order valence-corrected chi connectivity index (χ4v) is 0.175. The summed E-state index contributed by atoms with van der Waals surface area (Å²) in [7, 11) is 0. The molecule has 0 saturated carbocycles. The van der Waals surface area contributed by atoms with Gasteiger partial charge in [-0.05, 0) is 13.3 Å². The van der Waals surface area contributed by atoms with Gasteiger partial charge in [-0.3, -0.25) is 0 Å².